The van der Waals surface area contributed by atoms with Crippen LogP contribution in [-0.2, 0) is 10.0 Å². The molecule has 5 heteroatoms. The van der Waals surface area contributed by atoms with Gasteiger partial charge in [-0.1, -0.05) is 55.0 Å². The monoisotopic (exact) mass is 316 g/mol. The molecule has 1 N–H and O–H groups in total. The molecule has 0 spiro atoms. The molecule has 22 heavy (non-hydrogen) atoms. The summed E-state index contributed by atoms with van der Waals surface area (Å²) in [6.07, 6.45) is 0.850. The lowest BCUT2D eigenvalue weighted by molar-refractivity contribution is 0.592. The van der Waals surface area contributed by atoms with Crippen molar-refractivity contribution in [2.45, 2.75) is 25.2 Å². The zero-order chi connectivity index (χ0) is 16.0. The highest BCUT2D eigenvalue weighted by Gasteiger charge is 2.17. The molecule has 2 rings (SSSR count). The lowest BCUT2D eigenvalue weighted by atomic mass is 10.2. The van der Waals surface area contributed by atoms with Crippen LogP contribution in [0, 0.1) is 6.92 Å². The van der Waals surface area contributed by atoms with Crippen LogP contribution in [0.25, 0.3) is 0 Å². The second-order valence-corrected chi connectivity index (χ2v) is 6.70. The van der Waals surface area contributed by atoms with Gasteiger partial charge in [-0.05, 0) is 25.5 Å². The highest BCUT2D eigenvalue weighted by Crippen LogP contribution is 2.11. The van der Waals surface area contributed by atoms with Crippen LogP contribution in [0.3, 0.4) is 0 Å². The van der Waals surface area contributed by atoms with Crippen molar-refractivity contribution < 1.29 is 8.42 Å². The minimum absolute atomic E-state index is 0.234. The SMILES string of the molecule is CCCN=C(NS(=O)(=O)c1ccc(C)cc1)c1ccccc1. The fourth-order valence-corrected chi connectivity index (χ4v) is 2.95. The molecular formula is C17H20N2O2S. The van der Waals surface area contributed by atoms with E-state index in [9.17, 15) is 8.42 Å². The highest BCUT2D eigenvalue weighted by atomic mass is 32.2. The van der Waals surface area contributed by atoms with Gasteiger partial charge < -0.3 is 0 Å². The van der Waals surface area contributed by atoms with Crippen LogP contribution < -0.4 is 4.72 Å². The number of benzene rings is 2. The number of amidine groups is 1. The van der Waals surface area contributed by atoms with Gasteiger partial charge in [0.15, 0.2) is 0 Å². The van der Waals surface area contributed by atoms with Gasteiger partial charge in [-0.15, -0.1) is 0 Å². The van der Waals surface area contributed by atoms with Crippen LogP contribution in [0.1, 0.15) is 24.5 Å². The van der Waals surface area contributed by atoms with E-state index in [2.05, 4.69) is 9.71 Å². The molecule has 0 unspecified atom stereocenters. The highest BCUT2D eigenvalue weighted by molar-refractivity contribution is 7.90. The summed E-state index contributed by atoms with van der Waals surface area (Å²) in [4.78, 5) is 4.60. The van der Waals surface area contributed by atoms with Gasteiger partial charge in [0, 0.05) is 12.1 Å². The third-order valence-corrected chi connectivity index (χ3v) is 4.46. The number of hydrogen-bond donors (Lipinski definition) is 1. The number of sulfonamides is 1. The number of nitrogens with zero attached hydrogens (tertiary/aromatic N) is 1. The Morgan fingerprint density at radius 2 is 1.68 bits per heavy atom. The summed E-state index contributed by atoms with van der Waals surface area (Å²) >= 11 is 0. The van der Waals surface area contributed by atoms with Crippen molar-refractivity contribution >= 4 is 15.9 Å². The molecule has 0 atom stereocenters. The first-order valence-corrected chi connectivity index (χ1v) is 8.70. The summed E-state index contributed by atoms with van der Waals surface area (Å²) in [5.74, 6) is 0.378. The van der Waals surface area contributed by atoms with Crippen molar-refractivity contribution in [2.24, 2.45) is 4.99 Å². The van der Waals surface area contributed by atoms with Gasteiger partial charge in [0.05, 0.1) is 4.90 Å². The first-order valence-electron chi connectivity index (χ1n) is 7.22. The van der Waals surface area contributed by atoms with Gasteiger partial charge in [-0.2, -0.15) is 0 Å². The molecule has 0 aliphatic heterocycles. The lowest BCUT2D eigenvalue weighted by Gasteiger charge is -2.11. The maximum absolute atomic E-state index is 12.5. The summed E-state index contributed by atoms with van der Waals surface area (Å²) < 4.78 is 27.6. The summed E-state index contributed by atoms with van der Waals surface area (Å²) in [6.45, 7) is 4.49. The molecule has 0 amide bonds. The topological polar surface area (TPSA) is 58.5 Å². The van der Waals surface area contributed by atoms with E-state index in [1.165, 1.54) is 0 Å². The van der Waals surface area contributed by atoms with Crippen molar-refractivity contribution in [3.8, 4) is 0 Å². The predicted molar refractivity (Wildman–Crippen MR) is 89.6 cm³/mol. The van der Waals surface area contributed by atoms with E-state index in [-0.39, 0.29) is 4.90 Å². The Morgan fingerprint density at radius 1 is 1.05 bits per heavy atom. The molecule has 0 aliphatic carbocycles. The second kappa shape index (κ2) is 7.22. The standard InChI is InChI=1S/C17H20N2O2S/c1-3-13-18-17(15-7-5-4-6-8-15)19-22(20,21)16-11-9-14(2)10-12-16/h4-12H,3,13H2,1-2H3,(H,18,19). The Kier molecular flexibility index (Phi) is 5.33. The molecule has 0 fully saturated rings. The molecule has 0 saturated carbocycles. The van der Waals surface area contributed by atoms with Crippen LogP contribution >= 0.6 is 0 Å². The summed E-state index contributed by atoms with van der Waals surface area (Å²) in [5, 5.41) is 0. The second-order valence-electron chi connectivity index (χ2n) is 5.01. The Morgan fingerprint density at radius 3 is 2.27 bits per heavy atom. The molecular weight excluding hydrogens is 296 g/mol. The van der Waals surface area contributed by atoms with Gasteiger partial charge in [0.2, 0.25) is 0 Å². The number of aliphatic imine (C=N–C) groups is 1. The largest absolute Gasteiger partial charge is 0.267 e. The van der Waals surface area contributed by atoms with Crippen molar-refractivity contribution in [3.63, 3.8) is 0 Å². The summed E-state index contributed by atoms with van der Waals surface area (Å²) in [5.41, 5.74) is 1.77. The quantitative estimate of drug-likeness (QED) is 0.680. The minimum Gasteiger partial charge on any atom is -0.267 e. The molecule has 0 aromatic heterocycles. The third-order valence-electron chi connectivity index (χ3n) is 3.10. The van der Waals surface area contributed by atoms with E-state index < -0.39 is 10.0 Å². The summed E-state index contributed by atoms with van der Waals surface area (Å²) in [6, 6.07) is 16.0. The maximum atomic E-state index is 12.5. The van der Waals surface area contributed by atoms with E-state index in [0.29, 0.717) is 12.4 Å². The molecule has 0 aliphatic rings. The Bertz CT molecular complexity index is 736. The van der Waals surface area contributed by atoms with Crippen molar-refractivity contribution in [1.29, 1.82) is 0 Å². The Labute approximate surface area is 132 Å². The molecule has 2 aromatic carbocycles. The molecule has 0 radical (unpaired) electrons. The number of hydrogen-bond acceptors (Lipinski definition) is 3. The van der Waals surface area contributed by atoms with E-state index in [0.717, 1.165) is 17.5 Å². The van der Waals surface area contributed by atoms with E-state index in [1.54, 1.807) is 24.3 Å². The number of aryl methyl sites for hydroxylation is 1. The van der Waals surface area contributed by atoms with Crippen LogP contribution in [0.4, 0.5) is 0 Å². The zero-order valence-corrected chi connectivity index (χ0v) is 13.6. The molecule has 0 heterocycles. The van der Waals surface area contributed by atoms with Crippen LogP contribution in [0.2, 0.25) is 0 Å². The van der Waals surface area contributed by atoms with Crippen LogP contribution in [-0.4, -0.2) is 20.8 Å². The van der Waals surface area contributed by atoms with Gasteiger partial charge in [-0.3, -0.25) is 9.71 Å². The normalized spacial score (nSPS) is 12.2. The van der Waals surface area contributed by atoms with E-state index >= 15 is 0 Å². The van der Waals surface area contributed by atoms with Crippen molar-refractivity contribution in [3.05, 3.63) is 65.7 Å². The van der Waals surface area contributed by atoms with Gasteiger partial charge in [-0.25, -0.2) is 8.42 Å². The zero-order valence-electron chi connectivity index (χ0n) is 12.8. The molecule has 0 saturated heterocycles. The van der Waals surface area contributed by atoms with Crippen LogP contribution in [0.5, 0.6) is 0 Å². The van der Waals surface area contributed by atoms with Crippen molar-refractivity contribution in [1.82, 2.24) is 4.72 Å². The average molecular weight is 316 g/mol. The molecule has 2 aromatic rings. The van der Waals surface area contributed by atoms with Crippen LogP contribution in [0.15, 0.2) is 64.5 Å². The Balaban J connectivity index is 2.32. The first-order chi connectivity index (χ1) is 10.5. The average Bonchev–Trinajstić information content (AvgIpc) is 2.52. The molecule has 116 valence electrons. The maximum Gasteiger partial charge on any atom is 0.263 e. The predicted octanol–water partition coefficient (Wildman–Crippen LogP) is 3.13. The Hall–Kier alpha value is -2.14. The van der Waals surface area contributed by atoms with Gasteiger partial charge >= 0.3 is 0 Å². The number of nitrogens with one attached hydrogen (secondary N) is 1. The summed E-state index contributed by atoms with van der Waals surface area (Å²) in [7, 11) is -3.64. The fraction of sp³-hybridized carbons (Fsp3) is 0.235. The fourth-order valence-electron chi connectivity index (χ4n) is 1.91. The van der Waals surface area contributed by atoms with Crippen molar-refractivity contribution in [2.75, 3.05) is 6.54 Å². The van der Waals surface area contributed by atoms with E-state index in [1.807, 2.05) is 44.2 Å². The third kappa shape index (κ3) is 4.18. The van der Waals surface area contributed by atoms with E-state index in [4.69, 9.17) is 0 Å². The smallest absolute Gasteiger partial charge is 0.263 e. The van der Waals surface area contributed by atoms with Gasteiger partial charge in [0.25, 0.3) is 10.0 Å². The molecule has 0 bridgehead atoms. The molecule has 4 nitrogen and oxygen atoms in total. The van der Waals surface area contributed by atoms with Gasteiger partial charge in [0.1, 0.15) is 5.84 Å². The lowest BCUT2D eigenvalue weighted by Crippen LogP contribution is -2.31. The number of rotatable bonds is 5. The first kappa shape index (κ1) is 16.2. The minimum atomic E-state index is -3.64.